The van der Waals surface area contributed by atoms with Gasteiger partial charge in [-0.3, -0.25) is 0 Å². The maximum atomic E-state index is 5.49. The Kier molecular flexibility index (Phi) is 1.96. The van der Waals surface area contributed by atoms with Crippen LogP contribution in [0.5, 0.6) is 5.88 Å². The molecule has 4 N–H and O–H groups in total. The van der Waals surface area contributed by atoms with Crippen LogP contribution in [0.4, 0.5) is 10.7 Å². The Bertz CT molecular complexity index is 223. The van der Waals surface area contributed by atoms with Crippen LogP contribution >= 0.6 is 11.5 Å². The summed E-state index contributed by atoms with van der Waals surface area (Å²) >= 11 is 1.15. The highest BCUT2D eigenvalue weighted by Crippen LogP contribution is 2.29. The highest BCUT2D eigenvalue weighted by molar-refractivity contribution is 7.10. The van der Waals surface area contributed by atoms with Crippen molar-refractivity contribution in [3.05, 3.63) is 0 Å². The molecule has 0 amide bonds. The molecule has 1 heterocycles. The number of hydrogen-bond donors (Lipinski definition) is 2. The van der Waals surface area contributed by atoms with Crippen LogP contribution < -0.4 is 16.2 Å². The first kappa shape index (κ1) is 7.14. The fourth-order valence-corrected chi connectivity index (χ4v) is 1.05. The average Bonchev–Trinajstić information content (AvgIpc) is 2.20. The Morgan fingerprint density at radius 2 is 2.30 bits per heavy atom. The first-order chi connectivity index (χ1) is 4.75. The van der Waals surface area contributed by atoms with Gasteiger partial charge < -0.3 is 16.2 Å². The van der Waals surface area contributed by atoms with Gasteiger partial charge in [-0.1, -0.05) is 0 Å². The van der Waals surface area contributed by atoms with Crippen molar-refractivity contribution < 1.29 is 4.74 Å². The van der Waals surface area contributed by atoms with Crippen LogP contribution in [-0.2, 0) is 0 Å². The molecule has 0 aliphatic carbocycles. The smallest absolute Gasteiger partial charge is 0.251 e. The van der Waals surface area contributed by atoms with Gasteiger partial charge in [0.2, 0.25) is 0 Å². The highest BCUT2D eigenvalue weighted by atomic mass is 32.1. The fraction of sp³-hybridized carbons (Fsp3) is 0.400. The number of nitrogens with zero attached hydrogens (tertiary/aromatic N) is 1. The Labute approximate surface area is 63.0 Å². The van der Waals surface area contributed by atoms with Crippen LogP contribution in [-0.4, -0.2) is 11.0 Å². The second-order valence-corrected chi connectivity index (χ2v) is 2.50. The zero-order valence-electron chi connectivity index (χ0n) is 5.63. The van der Waals surface area contributed by atoms with Crippen molar-refractivity contribution in [3.8, 4) is 5.88 Å². The summed E-state index contributed by atoms with van der Waals surface area (Å²) in [4.78, 5) is 0. The summed E-state index contributed by atoms with van der Waals surface area (Å²) in [6.45, 7) is 2.43. The molecule has 1 aromatic heterocycles. The Balaban J connectivity index is 2.83. The summed E-state index contributed by atoms with van der Waals surface area (Å²) in [6, 6.07) is 0. The minimum atomic E-state index is 0.449. The molecule has 1 aromatic rings. The summed E-state index contributed by atoms with van der Waals surface area (Å²) in [6.07, 6.45) is 0. The lowest BCUT2D eigenvalue weighted by Crippen LogP contribution is -1.96. The summed E-state index contributed by atoms with van der Waals surface area (Å²) < 4.78 is 8.93. The van der Waals surface area contributed by atoms with Gasteiger partial charge >= 0.3 is 0 Å². The number of nitrogens with two attached hydrogens (primary N) is 2. The van der Waals surface area contributed by atoms with Crippen LogP contribution in [0.15, 0.2) is 0 Å². The van der Waals surface area contributed by atoms with Gasteiger partial charge in [-0.25, -0.2) is 0 Å². The zero-order chi connectivity index (χ0) is 7.56. The van der Waals surface area contributed by atoms with Gasteiger partial charge in [0.15, 0.2) is 0 Å². The van der Waals surface area contributed by atoms with E-state index >= 15 is 0 Å². The van der Waals surface area contributed by atoms with Crippen LogP contribution in [0.3, 0.4) is 0 Å². The van der Waals surface area contributed by atoms with Crippen LogP contribution in [0, 0.1) is 0 Å². The Hall–Kier alpha value is -0.970. The number of rotatable bonds is 2. The zero-order valence-corrected chi connectivity index (χ0v) is 6.44. The second-order valence-electron chi connectivity index (χ2n) is 1.70. The lowest BCUT2D eigenvalue weighted by Gasteiger charge is -1.97. The molecule has 0 fully saturated rings. The first-order valence-electron chi connectivity index (χ1n) is 2.89. The van der Waals surface area contributed by atoms with Gasteiger partial charge in [0, 0.05) is 0 Å². The normalized spacial score (nSPS) is 9.70. The van der Waals surface area contributed by atoms with E-state index in [0.29, 0.717) is 23.2 Å². The van der Waals surface area contributed by atoms with E-state index in [9.17, 15) is 0 Å². The number of nitrogen functional groups attached to an aromatic ring is 2. The van der Waals surface area contributed by atoms with E-state index in [1.807, 2.05) is 6.92 Å². The minimum absolute atomic E-state index is 0.449. The van der Waals surface area contributed by atoms with Gasteiger partial charge in [-0.05, 0) is 18.5 Å². The lowest BCUT2D eigenvalue weighted by molar-refractivity contribution is 0.332. The molecular weight excluding hydrogens is 150 g/mol. The standard InChI is InChI=1S/C5H9N3OS/c1-2-9-5-3(6)4(7)10-8-5/h2,6-7H2,1H3. The number of anilines is 2. The predicted molar refractivity (Wildman–Crippen MR) is 42.1 cm³/mol. The van der Waals surface area contributed by atoms with E-state index in [2.05, 4.69) is 4.37 Å². The monoisotopic (exact) mass is 159 g/mol. The van der Waals surface area contributed by atoms with Gasteiger partial charge in [-0.2, -0.15) is 4.37 Å². The fourth-order valence-electron chi connectivity index (χ4n) is 0.535. The maximum absolute atomic E-state index is 5.49. The third-order valence-electron chi connectivity index (χ3n) is 1.00. The highest BCUT2D eigenvalue weighted by Gasteiger charge is 2.06. The number of hydrogen-bond acceptors (Lipinski definition) is 5. The second kappa shape index (κ2) is 2.74. The van der Waals surface area contributed by atoms with Crippen molar-refractivity contribution in [1.82, 2.24) is 4.37 Å². The third kappa shape index (κ3) is 1.13. The molecule has 0 saturated heterocycles. The molecule has 0 atom stereocenters. The van der Waals surface area contributed by atoms with E-state index < -0.39 is 0 Å². The van der Waals surface area contributed by atoms with E-state index in [1.165, 1.54) is 0 Å². The van der Waals surface area contributed by atoms with E-state index in [0.717, 1.165) is 11.5 Å². The Morgan fingerprint density at radius 3 is 2.70 bits per heavy atom. The van der Waals surface area contributed by atoms with Gasteiger partial charge in [-0.15, -0.1) is 0 Å². The van der Waals surface area contributed by atoms with Gasteiger partial charge in [0.1, 0.15) is 10.7 Å². The summed E-state index contributed by atoms with van der Waals surface area (Å²) in [7, 11) is 0. The average molecular weight is 159 g/mol. The van der Waals surface area contributed by atoms with Crippen LogP contribution in [0.1, 0.15) is 6.92 Å². The number of aromatic nitrogens is 1. The van der Waals surface area contributed by atoms with E-state index in [1.54, 1.807) is 0 Å². The predicted octanol–water partition coefficient (Wildman–Crippen LogP) is 0.706. The topological polar surface area (TPSA) is 74.2 Å². The van der Waals surface area contributed by atoms with Crippen molar-refractivity contribution in [2.24, 2.45) is 0 Å². The summed E-state index contributed by atoms with van der Waals surface area (Å²) in [5, 5.41) is 0.517. The van der Waals surface area contributed by atoms with E-state index in [4.69, 9.17) is 16.2 Å². The molecule has 1 rings (SSSR count). The number of ether oxygens (including phenoxy) is 1. The van der Waals surface area contributed by atoms with Crippen LogP contribution in [0.2, 0.25) is 0 Å². The molecule has 56 valence electrons. The van der Waals surface area contributed by atoms with Crippen molar-refractivity contribution in [2.75, 3.05) is 18.1 Å². The minimum Gasteiger partial charge on any atom is -0.476 e. The molecule has 0 saturated carbocycles. The quantitative estimate of drug-likeness (QED) is 0.666. The molecule has 0 spiro atoms. The van der Waals surface area contributed by atoms with Crippen molar-refractivity contribution >= 4 is 22.2 Å². The molecular formula is C5H9N3OS. The summed E-state index contributed by atoms with van der Waals surface area (Å²) in [5.41, 5.74) is 11.4. The molecule has 0 radical (unpaired) electrons. The van der Waals surface area contributed by atoms with Crippen molar-refractivity contribution in [3.63, 3.8) is 0 Å². The molecule has 0 bridgehead atoms. The maximum Gasteiger partial charge on any atom is 0.251 e. The van der Waals surface area contributed by atoms with Crippen molar-refractivity contribution in [2.45, 2.75) is 6.92 Å². The van der Waals surface area contributed by atoms with Crippen LogP contribution in [0.25, 0.3) is 0 Å². The molecule has 10 heavy (non-hydrogen) atoms. The first-order valence-corrected chi connectivity index (χ1v) is 3.66. The van der Waals surface area contributed by atoms with Gasteiger partial charge in [0.25, 0.3) is 5.88 Å². The molecule has 0 aliphatic rings. The lowest BCUT2D eigenvalue weighted by atomic mass is 10.5. The van der Waals surface area contributed by atoms with Gasteiger partial charge in [0.05, 0.1) is 6.61 Å². The van der Waals surface area contributed by atoms with Crippen molar-refractivity contribution in [1.29, 1.82) is 0 Å². The molecule has 0 unspecified atom stereocenters. The Morgan fingerprint density at radius 1 is 1.60 bits per heavy atom. The third-order valence-corrected chi connectivity index (χ3v) is 1.68. The molecule has 4 nitrogen and oxygen atoms in total. The summed E-state index contributed by atoms with van der Waals surface area (Å²) in [5.74, 6) is 0.449. The van der Waals surface area contributed by atoms with E-state index in [-0.39, 0.29) is 0 Å². The molecule has 0 aliphatic heterocycles. The molecule has 5 heteroatoms. The SMILES string of the molecule is CCOc1nsc(N)c1N. The molecule has 0 aromatic carbocycles. The largest absolute Gasteiger partial charge is 0.476 e.